The third-order valence-corrected chi connectivity index (χ3v) is 7.57. The topological polar surface area (TPSA) is 78.8 Å². The Bertz CT molecular complexity index is 1240. The van der Waals surface area contributed by atoms with Gasteiger partial charge in [0.2, 0.25) is 0 Å². The van der Waals surface area contributed by atoms with Crippen LogP contribution in [-0.2, 0) is 14.8 Å². The number of aryl methyl sites for hydroxylation is 1. The Morgan fingerprint density at radius 2 is 1.62 bits per heavy atom. The van der Waals surface area contributed by atoms with Gasteiger partial charge in [0, 0.05) is 3.57 Å². The summed E-state index contributed by atoms with van der Waals surface area (Å²) < 4.78 is 29.1. The number of rotatable bonds is 7. The van der Waals surface area contributed by atoms with Gasteiger partial charge in [-0.15, -0.1) is 0 Å². The van der Waals surface area contributed by atoms with E-state index < -0.39 is 22.5 Å². The Morgan fingerprint density at radius 1 is 0.969 bits per heavy atom. The van der Waals surface area contributed by atoms with Crippen molar-refractivity contribution >= 4 is 49.9 Å². The first kappa shape index (κ1) is 23.9. The highest BCUT2D eigenvalue weighted by Crippen LogP contribution is 2.28. The summed E-state index contributed by atoms with van der Waals surface area (Å²) in [4.78, 5) is 12.9. The highest BCUT2D eigenvalue weighted by atomic mass is 127. The lowest BCUT2D eigenvalue weighted by Gasteiger charge is -2.26. The predicted octanol–water partition coefficient (Wildman–Crippen LogP) is 4.64. The average molecular weight is 561 g/mol. The number of carbonyl (C=O) groups is 1. The molecule has 0 aromatic heterocycles. The number of carbonyl (C=O) groups excluding carboxylic acids is 1. The molecule has 8 heteroatoms. The SMILES string of the molecule is C/C(=N/NC(=O)CN(c1cccc(C)c1C)S(=O)(=O)c1ccccc1)c1ccc(I)cc1. The number of nitrogens with one attached hydrogen (secondary N) is 1. The molecule has 32 heavy (non-hydrogen) atoms. The van der Waals surface area contributed by atoms with Crippen molar-refractivity contribution in [1.82, 2.24) is 5.43 Å². The summed E-state index contributed by atoms with van der Waals surface area (Å²) in [7, 11) is -3.96. The summed E-state index contributed by atoms with van der Waals surface area (Å²) in [6, 6.07) is 21.2. The van der Waals surface area contributed by atoms with Crippen molar-refractivity contribution in [2.75, 3.05) is 10.8 Å². The number of halogens is 1. The van der Waals surface area contributed by atoms with Gasteiger partial charge < -0.3 is 0 Å². The van der Waals surface area contributed by atoms with E-state index in [1.807, 2.05) is 44.2 Å². The van der Waals surface area contributed by atoms with Crippen molar-refractivity contribution in [2.24, 2.45) is 5.10 Å². The molecule has 3 aromatic carbocycles. The number of hydrogen-bond donors (Lipinski definition) is 1. The zero-order chi connectivity index (χ0) is 23.3. The molecule has 0 heterocycles. The lowest BCUT2D eigenvalue weighted by molar-refractivity contribution is -0.119. The van der Waals surface area contributed by atoms with Crippen LogP contribution in [0.25, 0.3) is 0 Å². The van der Waals surface area contributed by atoms with Crippen LogP contribution < -0.4 is 9.73 Å². The summed E-state index contributed by atoms with van der Waals surface area (Å²) in [5, 5.41) is 4.16. The first-order valence-corrected chi connectivity index (χ1v) is 12.4. The minimum absolute atomic E-state index is 0.118. The summed E-state index contributed by atoms with van der Waals surface area (Å²) >= 11 is 2.22. The molecule has 0 fully saturated rings. The van der Waals surface area contributed by atoms with Crippen LogP contribution in [0, 0.1) is 17.4 Å². The Kier molecular flexibility index (Phi) is 7.68. The molecule has 0 radical (unpaired) electrons. The maximum atomic E-state index is 13.4. The minimum Gasteiger partial charge on any atom is -0.271 e. The smallest absolute Gasteiger partial charge is 0.264 e. The van der Waals surface area contributed by atoms with Gasteiger partial charge in [0.05, 0.1) is 16.3 Å². The first-order valence-electron chi connectivity index (χ1n) is 9.93. The van der Waals surface area contributed by atoms with E-state index in [2.05, 4.69) is 33.1 Å². The molecule has 0 saturated heterocycles. The molecule has 0 bridgehead atoms. The number of benzene rings is 3. The van der Waals surface area contributed by atoms with E-state index in [9.17, 15) is 13.2 Å². The molecule has 0 unspecified atom stereocenters. The zero-order valence-electron chi connectivity index (χ0n) is 18.0. The van der Waals surface area contributed by atoms with Crippen LogP contribution in [0.3, 0.4) is 0 Å². The number of hydrogen-bond acceptors (Lipinski definition) is 4. The number of amides is 1. The molecule has 0 saturated carbocycles. The largest absolute Gasteiger partial charge is 0.271 e. The number of anilines is 1. The number of nitrogens with zero attached hydrogens (tertiary/aromatic N) is 2. The van der Waals surface area contributed by atoms with Gasteiger partial charge in [0.1, 0.15) is 6.54 Å². The summed E-state index contributed by atoms with van der Waals surface area (Å²) in [5.74, 6) is -0.532. The highest BCUT2D eigenvalue weighted by Gasteiger charge is 2.28. The molecular formula is C24H24IN3O3S. The standard InChI is InChI=1S/C24H24IN3O3S/c1-17-8-7-11-23(18(17)2)28(32(30,31)22-9-5-4-6-10-22)16-24(29)27-26-19(3)20-12-14-21(25)15-13-20/h4-15H,16H2,1-3H3,(H,27,29)/b26-19-. The molecule has 3 rings (SSSR count). The van der Waals surface area contributed by atoms with E-state index in [-0.39, 0.29) is 4.90 Å². The third kappa shape index (κ3) is 5.55. The van der Waals surface area contributed by atoms with Gasteiger partial charge in [-0.2, -0.15) is 5.10 Å². The predicted molar refractivity (Wildman–Crippen MR) is 136 cm³/mol. The van der Waals surface area contributed by atoms with Gasteiger partial charge in [-0.1, -0.05) is 42.5 Å². The molecule has 0 aliphatic carbocycles. The molecule has 1 amide bonds. The Labute approximate surface area is 202 Å². The number of sulfonamides is 1. The van der Waals surface area contributed by atoms with Crippen molar-refractivity contribution in [3.05, 3.63) is 93.1 Å². The first-order chi connectivity index (χ1) is 15.2. The van der Waals surface area contributed by atoms with Gasteiger partial charge in [-0.05, 0) is 90.4 Å². The van der Waals surface area contributed by atoms with Crippen LogP contribution in [0.2, 0.25) is 0 Å². The highest BCUT2D eigenvalue weighted by molar-refractivity contribution is 14.1. The van der Waals surface area contributed by atoms with Crippen LogP contribution in [0.5, 0.6) is 0 Å². The molecule has 1 N–H and O–H groups in total. The fourth-order valence-corrected chi connectivity index (χ4v) is 4.95. The lowest BCUT2D eigenvalue weighted by Crippen LogP contribution is -2.40. The molecule has 0 spiro atoms. The van der Waals surface area contributed by atoms with Crippen LogP contribution in [0.4, 0.5) is 5.69 Å². The normalized spacial score (nSPS) is 11.8. The molecule has 0 aliphatic heterocycles. The monoisotopic (exact) mass is 561 g/mol. The fourth-order valence-electron chi connectivity index (χ4n) is 3.09. The Morgan fingerprint density at radius 3 is 2.28 bits per heavy atom. The second-order valence-electron chi connectivity index (χ2n) is 7.28. The van der Waals surface area contributed by atoms with E-state index in [0.29, 0.717) is 11.4 Å². The second-order valence-corrected chi connectivity index (χ2v) is 10.4. The van der Waals surface area contributed by atoms with Crippen molar-refractivity contribution in [3.63, 3.8) is 0 Å². The van der Waals surface area contributed by atoms with Crippen LogP contribution >= 0.6 is 22.6 Å². The van der Waals surface area contributed by atoms with Gasteiger partial charge in [-0.25, -0.2) is 13.8 Å². The van der Waals surface area contributed by atoms with Gasteiger partial charge >= 0.3 is 0 Å². The Hall–Kier alpha value is -2.72. The van der Waals surface area contributed by atoms with Crippen molar-refractivity contribution < 1.29 is 13.2 Å². The van der Waals surface area contributed by atoms with Crippen LogP contribution in [0.15, 0.2) is 82.8 Å². The zero-order valence-corrected chi connectivity index (χ0v) is 21.0. The van der Waals surface area contributed by atoms with E-state index in [4.69, 9.17) is 0 Å². The van der Waals surface area contributed by atoms with Crippen molar-refractivity contribution in [1.29, 1.82) is 0 Å². The van der Waals surface area contributed by atoms with Crippen LogP contribution in [-0.4, -0.2) is 26.6 Å². The number of hydrazone groups is 1. The van der Waals surface area contributed by atoms with Crippen LogP contribution in [0.1, 0.15) is 23.6 Å². The molecule has 6 nitrogen and oxygen atoms in total. The summed E-state index contributed by atoms with van der Waals surface area (Å²) in [5.41, 5.74) is 6.17. The van der Waals surface area contributed by atoms with Gasteiger partial charge in [0.25, 0.3) is 15.9 Å². The lowest BCUT2D eigenvalue weighted by atomic mass is 10.1. The minimum atomic E-state index is -3.96. The fraction of sp³-hybridized carbons (Fsp3) is 0.167. The molecular weight excluding hydrogens is 537 g/mol. The van der Waals surface area contributed by atoms with E-state index in [1.54, 1.807) is 37.3 Å². The molecule has 0 aliphatic rings. The maximum absolute atomic E-state index is 13.4. The van der Waals surface area contributed by atoms with E-state index >= 15 is 0 Å². The third-order valence-electron chi connectivity index (χ3n) is 5.07. The molecule has 166 valence electrons. The average Bonchev–Trinajstić information content (AvgIpc) is 2.79. The molecule has 0 atom stereocenters. The van der Waals surface area contributed by atoms with E-state index in [1.165, 1.54) is 12.1 Å². The second kappa shape index (κ2) is 10.3. The van der Waals surface area contributed by atoms with Gasteiger partial charge in [-0.3, -0.25) is 9.10 Å². The van der Waals surface area contributed by atoms with Gasteiger partial charge in [0.15, 0.2) is 0 Å². The Balaban J connectivity index is 1.90. The quantitative estimate of drug-likeness (QED) is 0.259. The summed E-state index contributed by atoms with van der Waals surface area (Å²) in [6.07, 6.45) is 0. The molecule has 3 aromatic rings. The van der Waals surface area contributed by atoms with Crippen molar-refractivity contribution in [3.8, 4) is 0 Å². The van der Waals surface area contributed by atoms with E-state index in [0.717, 1.165) is 24.6 Å². The van der Waals surface area contributed by atoms with Crippen molar-refractivity contribution in [2.45, 2.75) is 25.7 Å². The maximum Gasteiger partial charge on any atom is 0.264 e. The summed E-state index contributed by atoms with van der Waals surface area (Å²) in [6.45, 7) is 5.13.